The number of aliphatic hydroxyl groups excluding tert-OH is 3. The molecule has 0 radical (unpaired) electrons. The van der Waals surface area contributed by atoms with Crippen LogP contribution in [0.5, 0.6) is 0 Å². The highest BCUT2D eigenvalue weighted by Crippen LogP contribution is 2.46. The summed E-state index contributed by atoms with van der Waals surface area (Å²) in [5.41, 5.74) is 3.71. The molecule has 29 heavy (non-hydrogen) atoms. The minimum absolute atomic E-state index is 0.195. The molecule has 6 unspecified atom stereocenters. The predicted molar refractivity (Wildman–Crippen MR) is 122 cm³/mol. The molecule has 0 spiro atoms. The van der Waals surface area contributed by atoms with Crippen LogP contribution in [0.15, 0.2) is 34.9 Å². The van der Waals surface area contributed by atoms with Crippen molar-refractivity contribution in [2.24, 2.45) is 23.2 Å². The van der Waals surface area contributed by atoms with E-state index in [0.29, 0.717) is 30.6 Å². The van der Waals surface area contributed by atoms with Crippen LogP contribution in [0.4, 0.5) is 0 Å². The first-order valence-electron chi connectivity index (χ1n) is 11.6. The summed E-state index contributed by atoms with van der Waals surface area (Å²) in [4.78, 5) is 0. The smallest absolute Gasteiger partial charge is 0.0777 e. The van der Waals surface area contributed by atoms with Gasteiger partial charge in [0.25, 0.3) is 0 Å². The molecule has 0 aliphatic heterocycles. The van der Waals surface area contributed by atoms with Gasteiger partial charge in [0.1, 0.15) is 0 Å². The number of hydrogen-bond donors (Lipinski definition) is 3. The summed E-state index contributed by atoms with van der Waals surface area (Å²) in [6.45, 7) is 13.3. The number of hydrogen-bond acceptors (Lipinski definition) is 3. The van der Waals surface area contributed by atoms with Gasteiger partial charge in [-0.1, -0.05) is 58.4 Å². The second-order valence-electron chi connectivity index (χ2n) is 10.5. The van der Waals surface area contributed by atoms with Gasteiger partial charge in [-0.15, -0.1) is 0 Å². The van der Waals surface area contributed by atoms with Crippen LogP contribution in [0.3, 0.4) is 0 Å². The third-order valence-corrected chi connectivity index (χ3v) is 7.83. The summed E-state index contributed by atoms with van der Waals surface area (Å²) in [5, 5.41) is 30.3. The SMILES string of the molecule is CC1=C(/C=C/C2=CCCC(C)(C(C)C(C)CCC(O)C(C)C)C2)CC(O)CC1O. The van der Waals surface area contributed by atoms with E-state index in [9.17, 15) is 15.3 Å². The molecule has 2 aliphatic carbocycles. The van der Waals surface area contributed by atoms with E-state index in [1.54, 1.807) is 0 Å². The predicted octanol–water partition coefficient (Wildman–Crippen LogP) is 5.56. The van der Waals surface area contributed by atoms with Gasteiger partial charge in [0.05, 0.1) is 18.3 Å². The Hall–Kier alpha value is -0.900. The lowest BCUT2D eigenvalue weighted by Crippen LogP contribution is -2.32. The molecule has 0 fully saturated rings. The number of aliphatic hydroxyl groups is 3. The van der Waals surface area contributed by atoms with Gasteiger partial charge in [0.15, 0.2) is 0 Å². The Labute approximate surface area is 178 Å². The van der Waals surface area contributed by atoms with Gasteiger partial charge in [-0.05, 0) is 79.8 Å². The molecule has 0 heterocycles. The quantitative estimate of drug-likeness (QED) is 0.496. The van der Waals surface area contributed by atoms with Crippen LogP contribution in [-0.2, 0) is 0 Å². The Balaban J connectivity index is 2.01. The van der Waals surface area contributed by atoms with Crippen LogP contribution in [0.2, 0.25) is 0 Å². The Bertz CT molecular complexity index is 630. The molecule has 0 saturated carbocycles. The molecule has 6 atom stereocenters. The van der Waals surface area contributed by atoms with Crippen molar-refractivity contribution < 1.29 is 15.3 Å². The minimum atomic E-state index is -0.522. The monoisotopic (exact) mass is 404 g/mol. The van der Waals surface area contributed by atoms with Crippen LogP contribution in [-0.4, -0.2) is 33.6 Å². The van der Waals surface area contributed by atoms with Crippen molar-refractivity contribution in [3.63, 3.8) is 0 Å². The minimum Gasteiger partial charge on any atom is -0.393 e. The van der Waals surface area contributed by atoms with Crippen molar-refractivity contribution in [2.75, 3.05) is 0 Å². The highest BCUT2D eigenvalue weighted by Gasteiger charge is 2.36. The van der Waals surface area contributed by atoms with Gasteiger partial charge in [-0.2, -0.15) is 0 Å². The Morgan fingerprint density at radius 2 is 1.83 bits per heavy atom. The normalized spacial score (nSPS) is 31.9. The van der Waals surface area contributed by atoms with Crippen LogP contribution < -0.4 is 0 Å². The van der Waals surface area contributed by atoms with E-state index in [-0.39, 0.29) is 11.5 Å². The number of rotatable bonds is 8. The molecule has 2 rings (SSSR count). The second-order valence-corrected chi connectivity index (χ2v) is 10.5. The second kappa shape index (κ2) is 10.4. The van der Waals surface area contributed by atoms with Crippen molar-refractivity contribution in [2.45, 2.75) is 105 Å². The van der Waals surface area contributed by atoms with Crippen molar-refractivity contribution in [3.8, 4) is 0 Å². The third kappa shape index (κ3) is 6.54. The van der Waals surface area contributed by atoms with E-state index in [2.05, 4.69) is 52.8 Å². The number of allylic oxidation sites excluding steroid dienone is 4. The highest BCUT2D eigenvalue weighted by molar-refractivity contribution is 5.35. The zero-order chi connectivity index (χ0) is 21.8. The van der Waals surface area contributed by atoms with E-state index >= 15 is 0 Å². The van der Waals surface area contributed by atoms with E-state index < -0.39 is 12.2 Å². The molecule has 166 valence electrons. The average molecular weight is 405 g/mol. The van der Waals surface area contributed by atoms with Crippen molar-refractivity contribution in [1.29, 1.82) is 0 Å². The lowest BCUT2D eigenvalue weighted by atomic mass is 9.63. The first kappa shape index (κ1) is 24.4. The molecule has 0 saturated heterocycles. The van der Waals surface area contributed by atoms with Crippen LogP contribution >= 0.6 is 0 Å². The van der Waals surface area contributed by atoms with Gasteiger partial charge >= 0.3 is 0 Å². The van der Waals surface area contributed by atoms with E-state index in [0.717, 1.165) is 36.8 Å². The molecule has 3 N–H and O–H groups in total. The van der Waals surface area contributed by atoms with Crippen LogP contribution in [0.1, 0.15) is 86.5 Å². The van der Waals surface area contributed by atoms with Gasteiger partial charge in [-0.25, -0.2) is 0 Å². The summed E-state index contributed by atoms with van der Waals surface area (Å²) in [7, 11) is 0. The molecular weight excluding hydrogens is 360 g/mol. The van der Waals surface area contributed by atoms with Crippen molar-refractivity contribution in [3.05, 3.63) is 34.9 Å². The largest absolute Gasteiger partial charge is 0.393 e. The highest BCUT2D eigenvalue weighted by atomic mass is 16.3. The zero-order valence-corrected chi connectivity index (χ0v) is 19.5. The molecule has 3 nitrogen and oxygen atoms in total. The molecule has 0 amide bonds. The van der Waals surface area contributed by atoms with Gasteiger partial charge in [0, 0.05) is 6.42 Å². The van der Waals surface area contributed by atoms with Gasteiger partial charge in [-0.3, -0.25) is 0 Å². The summed E-state index contributed by atoms with van der Waals surface area (Å²) in [6.07, 6.45) is 11.9. The molecule has 3 heteroatoms. The summed E-state index contributed by atoms with van der Waals surface area (Å²) in [6, 6.07) is 0. The molecule has 0 aromatic rings. The zero-order valence-electron chi connectivity index (χ0n) is 19.5. The Morgan fingerprint density at radius 3 is 2.48 bits per heavy atom. The van der Waals surface area contributed by atoms with Crippen molar-refractivity contribution in [1.82, 2.24) is 0 Å². The lowest BCUT2D eigenvalue weighted by Gasteiger charge is -2.42. The Kier molecular flexibility index (Phi) is 8.75. The fourth-order valence-corrected chi connectivity index (χ4v) is 4.99. The van der Waals surface area contributed by atoms with Gasteiger partial charge in [0.2, 0.25) is 0 Å². The Morgan fingerprint density at radius 1 is 1.14 bits per heavy atom. The van der Waals surface area contributed by atoms with E-state index in [4.69, 9.17) is 0 Å². The van der Waals surface area contributed by atoms with Crippen molar-refractivity contribution >= 4 is 0 Å². The average Bonchev–Trinajstić information content (AvgIpc) is 2.66. The molecular formula is C26H44O3. The van der Waals surface area contributed by atoms with Crippen LogP contribution in [0.25, 0.3) is 0 Å². The maximum atomic E-state index is 10.2. The summed E-state index contributed by atoms with van der Waals surface area (Å²) >= 11 is 0. The standard InChI is InChI=1S/C26H44O3/c1-17(2)24(28)12-9-18(3)20(5)26(6)13-7-8-21(16-26)10-11-22-14-23(27)15-25(29)19(22)4/h8,10-11,17-18,20,23-25,27-29H,7,9,12-16H2,1-6H3/b11-10+. The maximum Gasteiger partial charge on any atom is 0.0777 e. The fourth-order valence-electron chi connectivity index (χ4n) is 4.99. The first-order valence-corrected chi connectivity index (χ1v) is 11.6. The topological polar surface area (TPSA) is 60.7 Å². The molecule has 0 bridgehead atoms. The van der Waals surface area contributed by atoms with E-state index in [1.165, 1.54) is 12.0 Å². The summed E-state index contributed by atoms with van der Waals surface area (Å²) < 4.78 is 0. The molecule has 0 aromatic heterocycles. The first-order chi connectivity index (χ1) is 13.5. The van der Waals surface area contributed by atoms with E-state index in [1.807, 2.05) is 6.92 Å². The summed E-state index contributed by atoms with van der Waals surface area (Å²) in [5.74, 6) is 1.51. The lowest BCUT2D eigenvalue weighted by molar-refractivity contribution is 0.0823. The fraction of sp³-hybridized carbons (Fsp3) is 0.769. The maximum absolute atomic E-state index is 10.2. The van der Waals surface area contributed by atoms with Crippen LogP contribution in [0, 0.1) is 23.2 Å². The van der Waals surface area contributed by atoms with Gasteiger partial charge < -0.3 is 15.3 Å². The third-order valence-electron chi connectivity index (χ3n) is 7.83. The molecule has 2 aliphatic rings. The molecule has 0 aromatic carbocycles.